The first-order valence-electron chi connectivity index (χ1n) is 9.12. The molecule has 2 aromatic heterocycles. The fraction of sp³-hybridized carbons (Fsp3) is 0.350. The Labute approximate surface area is 156 Å². The lowest BCUT2D eigenvalue weighted by Crippen LogP contribution is -2.29. The first-order valence-corrected chi connectivity index (χ1v) is 9.12. The average Bonchev–Trinajstić information content (AvgIpc) is 3.11. The van der Waals surface area contributed by atoms with Crippen molar-refractivity contribution in [2.45, 2.75) is 32.2 Å². The van der Waals surface area contributed by atoms with Crippen LogP contribution < -0.4 is 10.6 Å². The van der Waals surface area contributed by atoms with Gasteiger partial charge in [0, 0.05) is 24.7 Å². The maximum Gasteiger partial charge on any atom is 0.259 e. The molecule has 7 heteroatoms. The Kier molecular flexibility index (Phi) is 4.85. The molecular formula is C20H21FN4O2. The summed E-state index contributed by atoms with van der Waals surface area (Å²) in [6.45, 7) is 3.94. The Bertz CT molecular complexity index is 962. The van der Waals surface area contributed by atoms with Crippen molar-refractivity contribution in [3.8, 4) is 0 Å². The van der Waals surface area contributed by atoms with Crippen LogP contribution in [0.15, 0.2) is 34.9 Å². The number of rotatable bonds is 4. The molecule has 3 aromatic rings. The van der Waals surface area contributed by atoms with E-state index in [4.69, 9.17) is 4.52 Å². The SMILES string of the molecule is Cc1cc(C(=O)NCc2ccc(F)cc2)c2c(C3CCCNC3)noc2n1. The molecule has 1 fully saturated rings. The van der Waals surface area contributed by atoms with E-state index in [9.17, 15) is 9.18 Å². The molecule has 1 saturated heterocycles. The number of amides is 1. The minimum atomic E-state index is -0.299. The lowest BCUT2D eigenvalue weighted by molar-refractivity contribution is 0.0952. The molecule has 27 heavy (non-hydrogen) atoms. The summed E-state index contributed by atoms with van der Waals surface area (Å²) in [4.78, 5) is 17.3. The Morgan fingerprint density at radius 2 is 2.19 bits per heavy atom. The standard InChI is InChI=1S/C20H21FN4O2/c1-12-9-16(19(26)23-10-13-4-6-15(21)7-5-13)17-18(25-27-20(17)24-12)14-3-2-8-22-11-14/h4-7,9,14,22H,2-3,8,10-11H2,1H3,(H,23,26). The van der Waals surface area contributed by atoms with Crippen LogP contribution in [0.5, 0.6) is 0 Å². The van der Waals surface area contributed by atoms with Gasteiger partial charge in [-0.2, -0.15) is 0 Å². The smallest absolute Gasteiger partial charge is 0.259 e. The molecule has 0 spiro atoms. The number of benzene rings is 1. The van der Waals surface area contributed by atoms with Gasteiger partial charge >= 0.3 is 0 Å². The van der Waals surface area contributed by atoms with E-state index < -0.39 is 0 Å². The van der Waals surface area contributed by atoms with Crippen molar-refractivity contribution >= 4 is 17.0 Å². The number of nitrogens with one attached hydrogen (secondary N) is 2. The van der Waals surface area contributed by atoms with Gasteiger partial charge in [0.05, 0.1) is 16.6 Å². The number of fused-ring (bicyclic) bond motifs is 1. The lowest BCUT2D eigenvalue weighted by Gasteiger charge is -2.21. The number of hydrogen-bond acceptors (Lipinski definition) is 5. The van der Waals surface area contributed by atoms with Gasteiger partial charge in [-0.15, -0.1) is 0 Å². The van der Waals surface area contributed by atoms with Crippen molar-refractivity contribution < 1.29 is 13.7 Å². The van der Waals surface area contributed by atoms with E-state index in [1.807, 2.05) is 6.92 Å². The summed E-state index contributed by atoms with van der Waals surface area (Å²) in [6.07, 6.45) is 2.06. The zero-order chi connectivity index (χ0) is 18.8. The second kappa shape index (κ2) is 7.44. The molecule has 0 saturated carbocycles. The van der Waals surface area contributed by atoms with Gasteiger partial charge in [0.2, 0.25) is 0 Å². The third-order valence-electron chi connectivity index (χ3n) is 4.90. The molecule has 2 N–H and O–H groups in total. The molecule has 1 unspecified atom stereocenters. The summed E-state index contributed by atoms with van der Waals surface area (Å²) in [5, 5.41) is 11.2. The number of carbonyl (C=O) groups excluding carboxylic acids is 1. The van der Waals surface area contributed by atoms with Gasteiger partial charge in [-0.1, -0.05) is 17.3 Å². The molecule has 6 nitrogen and oxygen atoms in total. The van der Waals surface area contributed by atoms with E-state index in [1.54, 1.807) is 18.2 Å². The van der Waals surface area contributed by atoms with E-state index in [-0.39, 0.29) is 17.6 Å². The normalized spacial score (nSPS) is 17.2. The highest BCUT2D eigenvalue weighted by atomic mass is 19.1. The summed E-state index contributed by atoms with van der Waals surface area (Å²) >= 11 is 0. The fourth-order valence-electron chi connectivity index (χ4n) is 3.52. The number of halogens is 1. The third-order valence-corrected chi connectivity index (χ3v) is 4.90. The molecule has 1 amide bonds. The minimum Gasteiger partial charge on any atom is -0.348 e. The maximum absolute atomic E-state index is 13.0. The van der Waals surface area contributed by atoms with Gasteiger partial charge in [-0.3, -0.25) is 4.79 Å². The van der Waals surface area contributed by atoms with Crippen LogP contribution in [0.2, 0.25) is 0 Å². The van der Waals surface area contributed by atoms with Crippen LogP contribution in [0.1, 0.15) is 46.1 Å². The summed E-state index contributed by atoms with van der Waals surface area (Å²) in [5.74, 6) is -0.317. The Hall–Kier alpha value is -2.80. The van der Waals surface area contributed by atoms with Crippen LogP contribution in [0, 0.1) is 12.7 Å². The predicted octanol–water partition coefficient (Wildman–Crippen LogP) is 3.07. The average molecular weight is 368 g/mol. The number of aryl methyl sites for hydroxylation is 1. The van der Waals surface area contributed by atoms with Crippen molar-refractivity contribution in [3.63, 3.8) is 0 Å². The topological polar surface area (TPSA) is 80.0 Å². The zero-order valence-corrected chi connectivity index (χ0v) is 15.1. The van der Waals surface area contributed by atoms with Crippen molar-refractivity contribution in [1.82, 2.24) is 20.8 Å². The van der Waals surface area contributed by atoms with Gasteiger partial charge in [0.25, 0.3) is 11.6 Å². The highest BCUT2D eigenvalue weighted by molar-refractivity contribution is 6.06. The molecular weight excluding hydrogens is 347 g/mol. The highest BCUT2D eigenvalue weighted by Gasteiger charge is 2.26. The van der Waals surface area contributed by atoms with Gasteiger partial charge in [-0.05, 0) is 50.1 Å². The van der Waals surface area contributed by atoms with Crippen molar-refractivity contribution in [3.05, 3.63) is 58.7 Å². The summed E-state index contributed by atoms with van der Waals surface area (Å²) in [7, 11) is 0. The van der Waals surface area contributed by atoms with E-state index in [0.717, 1.165) is 37.2 Å². The van der Waals surface area contributed by atoms with Crippen molar-refractivity contribution in [2.75, 3.05) is 13.1 Å². The highest BCUT2D eigenvalue weighted by Crippen LogP contribution is 2.31. The van der Waals surface area contributed by atoms with E-state index >= 15 is 0 Å². The Morgan fingerprint density at radius 3 is 2.93 bits per heavy atom. The van der Waals surface area contributed by atoms with Crippen LogP contribution in [-0.4, -0.2) is 29.1 Å². The predicted molar refractivity (Wildman–Crippen MR) is 99.0 cm³/mol. The van der Waals surface area contributed by atoms with Crippen LogP contribution in [0.3, 0.4) is 0 Å². The van der Waals surface area contributed by atoms with Gasteiger partial charge in [-0.25, -0.2) is 9.37 Å². The molecule has 3 heterocycles. The number of piperidine rings is 1. The van der Waals surface area contributed by atoms with E-state index in [0.29, 0.717) is 28.9 Å². The number of hydrogen-bond donors (Lipinski definition) is 2. The second-order valence-corrected chi connectivity index (χ2v) is 6.91. The molecule has 1 atom stereocenters. The number of nitrogens with zero attached hydrogens (tertiary/aromatic N) is 2. The van der Waals surface area contributed by atoms with E-state index in [2.05, 4.69) is 20.8 Å². The molecule has 0 aliphatic carbocycles. The fourth-order valence-corrected chi connectivity index (χ4v) is 3.52. The molecule has 1 aromatic carbocycles. The van der Waals surface area contributed by atoms with Crippen LogP contribution >= 0.6 is 0 Å². The summed E-state index contributed by atoms with van der Waals surface area (Å²) in [5.41, 5.74) is 3.22. The van der Waals surface area contributed by atoms with Crippen molar-refractivity contribution in [2.24, 2.45) is 0 Å². The van der Waals surface area contributed by atoms with Gasteiger partial charge in [0.15, 0.2) is 0 Å². The number of aromatic nitrogens is 2. The maximum atomic E-state index is 13.0. The van der Waals surface area contributed by atoms with E-state index in [1.165, 1.54) is 12.1 Å². The minimum absolute atomic E-state index is 0.202. The first-order chi connectivity index (χ1) is 13.1. The third kappa shape index (κ3) is 3.68. The lowest BCUT2D eigenvalue weighted by atomic mass is 9.93. The number of pyridine rings is 1. The second-order valence-electron chi connectivity index (χ2n) is 6.91. The Balaban J connectivity index is 1.63. The first kappa shape index (κ1) is 17.6. The number of carbonyl (C=O) groups is 1. The van der Waals surface area contributed by atoms with Crippen LogP contribution in [0.25, 0.3) is 11.1 Å². The Morgan fingerprint density at radius 1 is 1.37 bits per heavy atom. The van der Waals surface area contributed by atoms with Crippen LogP contribution in [0.4, 0.5) is 4.39 Å². The molecule has 4 rings (SSSR count). The zero-order valence-electron chi connectivity index (χ0n) is 15.1. The molecule has 0 bridgehead atoms. The summed E-state index contributed by atoms with van der Waals surface area (Å²) in [6, 6.07) is 7.83. The van der Waals surface area contributed by atoms with Crippen molar-refractivity contribution in [1.29, 1.82) is 0 Å². The monoisotopic (exact) mass is 368 g/mol. The molecule has 1 aliphatic heterocycles. The quantitative estimate of drug-likeness (QED) is 0.740. The molecule has 1 aliphatic rings. The van der Waals surface area contributed by atoms with Crippen LogP contribution in [-0.2, 0) is 6.54 Å². The molecule has 140 valence electrons. The van der Waals surface area contributed by atoms with Gasteiger partial charge < -0.3 is 15.2 Å². The summed E-state index contributed by atoms with van der Waals surface area (Å²) < 4.78 is 18.5. The van der Waals surface area contributed by atoms with Gasteiger partial charge in [0.1, 0.15) is 5.82 Å². The molecule has 0 radical (unpaired) electrons. The largest absolute Gasteiger partial charge is 0.348 e.